The van der Waals surface area contributed by atoms with Gasteiger partial charge >= 0.3 is 0 Å². The number of piperidine rings is 1. The zero-order valence-electron chi connectivity index (χ0n) is 18.3. The second-order valence-corrected chi connectivity index (χ2v) is 9.13. The lowest BCUT2D eigenvalue weighted by atomic mass is 9.88. The van der Waals surface area contributed by atoms with Gasteiger partial charge in [0, 0.05) is 19.0 Å². The highest BCUT2D eigenvalue weighted by Gasteiger charge is 2.32. The van der Waals surface area contributed by atoms with Gasteiger partial charge in [-0.25, -0.2) is 22.8 Å². The normalized spacial score (nSPS) is 14.3. The average Bonchev–Trinajstić information content (AvgIpc) is 3.55. The van der Waals surface area contributed by atoms with Gasteiger partial charge in [0.25, 0.3) is 5.91 Å². The van der Waals surface area contributed by atoms with Gasteiger partial charge in [0.05, 0.1) is 16.1 Å². The number of benzene rings is 2. The number of carbonyl (C=O) groups excluding carboxylic acids is 2. The molecule has 5 rings (SSSR count). The highest BCUT2D eigenvalue weighted by atomic mass is 32.1. The van der Waals surface area contributed by atoms with E-state index in [9.17, 15) is 22.8 Å². The smallest absolute Gasteiger partial charge is 0.293 e. The van der Waals surface area contributed by atoms with Crippen molar-refractivity contribution < 1.29 is 22.8 Å². The number of thiophene rings is 1. The minimum absolute atomic E-state index is 0.0430. The second kappa shape index (κ2) is 9.46. The first-order chi connectivity index (χ1) is 16.9. The first-order valence-electron chi connectivity index (χ1n) is 11.0. The predicted octanol–water partition coefficient (Wildman–Crippen LogP) is 5.15. The Labute approximate surface area is 202 Å². The number of rotatable bonds is 5. The van der Waals surface area contributed by atoms with Gasteiger partial charge in [-0.3, -0.25) is 9.59 Å². The van der Waals surface area contributed by atoms with E-state index in [0.717, 1.165) is 23.1 Å². The molecule has 0 unspecified atom stereocenters. The van der Waals surface area contributed by atoms with Crippen LogP contribution in [0.25, 0.3) is 16.4 Å². The van der Waals surface area contributed by atoms with E-state index >= 15 is 0 Å². The van der Waals surface area contributed by atoms with Gasteiger partial charge < -0.3 is 4.90 Å². The lowest BCUT2D eigenvalue weighted by Crippen LogP contribution is -2.40. The molecule has 0 spiro atoms. The van der Waals surface area contributed by atoms with Crippen LogP contribution in [0.5, 0.6) is 0 Å². The van der Waals surface area contributed by atoms with Crippen LogP contribution in [0, 0.1) is 23.4 Å². The molecule has 1 saturated heterocycles. The fourth-order valence-corrected chi connectivity index (χ4v) is 4.85. The lowest BCUT2D eigenvalue weighted by Gasteiger charge is -2.30. The van der Waals surface area contributed by atoms with Crippen LogP contribution in [0.2, 0.25) is 0 Å². The van der Waals surface area contributed by atoms with Gasteiger partial charge in [0.1, 0.15) is 17.5 Å². The first-order valence-corrected chi connectivity index (χ1v) is 11.8. The van der Waals surface area contributed by atoms with Crippen LogP contribution in [0.4, 0.5) is 13.2 Å². The predicted molar refractivity (Wildman–Crippen MR) is 124 cm³/mol. The second-order valence-electron chi connectivity index (χ2n) is 8.18. The van der Waals surface area contributed by atoms with Crippen LogP contribution in [-0.2, 0) is 0 Å². The Hall–Kier alpha value is -3.79. The number of likely N-dealkylation sites (tertiary alicyclic amines) is 1. The number of ketones is 1. The zero-order chi connectivity index (χ0) is 24.5. The van der Waals surface area contributed by atoms with Crippen LogP contribution in [-0.4, -0.2) is 44.4 Å². The Bertz CT molecular complexity index is 1400. The van der Waals surface area contributed by atoms with Crippen molar-refractivity contribution in [3.8, 4) is 16.4 Å². The number of nitrogens with zero attached hydrogens (tertiary/aromatic N) is 4. The molecule has 1 aliphatic rings. The summed E-state index contributed by atoms with van der Waals surface area (Å²) in [7, 11) is 0. The molecule has 0 atom stereocenters. The molecule has 6 nitrogen and oxygen atoms in total. The summed E-state index contributed by atoms with van der Waals surface area (Å²) in [6.07, 6.45) is 0.617. The molecule has 3 heterocycles. The zero-order valence-corrected chi connectivity index (χ0v) is 19.1. The third-order valence-corrected chi connectivity index (χ3v) is 6.81. The minimum Gasteiger partial charge on any atom is -0.336 e. The lowest BCUT2D eigenvalue weighted by molar-refractivity contribution is 0.0639. The Balaban J connectivity index is 1.35. The SMILES string of the molecule is O=C(c1cc(F)ccc1F)C1CCN(C(=O)c2nc(-c3cccs3)n(-c3cccc(F)c3)n2)CC1. The molecular formula is C25H19F3N4O2S. The van der Waals surface area contributed by atoms with Gasteiger partial charge in [-0.15, -0.1) is 16.4 Å². The molecule has 178 valence electrons. The van der Waals surface area contributed by atoms with E-state index < -0.39 is 35.1 Å². The third-order valence-electron chi connectivity index (χ3n) is 5.94. The third kappa shape index (κ3) is 4.61. The number of halogens is 3. The highest BCUT2D eigenvalue weighted by molar-refractivity contribution is 7.13. The molecule has 0 aliphatic carbocycles. The molecule has 2 aromatic heterocycles. The number of hydrogen-bond acceptors (Lipinski definition) is 5. The van der Waals surface area contributed by atoms with Gasteiger partial charge in [0.2, 0.25) is 5.82 Å². The monoisotopic (exact) mass is 496 g/mol. The van der Waals surface area contributed by atoms with E-state index in [1.165, 1.54) is 33.1 Å². The summed E-state index contributed by atoms with van der Waals surface area (Å²) >= 11 is 1.42. The Morgan fingerprint density at radius 2 is 1.71 bits per heavy atom. The average molecular weight is 497 g/mol. The molecule has 35 heavy (non-hydrogen) atoms. The molecule has 4 aromatic rings. The summed E-state index contributed by atoms with van der Waals surface area (Å²) in [5, 5.41) is 6.24. The van der Waals surface area contributed by atoms with E-state index in [0.29, 0.717) is 24.4 Å². The molecule has 0 bridgehead atoms. The van der Waals surface area contributed by atoms with E-state index in [1.54, 1.807) is 12.1 Å². The number of hydrogen-bond donors (Lipinski definition) is 0. The fourth-order valence-electron chi connectivity index (χ4n) is 4.15. The van der Waals surface area contributed by atoms with Crippen LogP contribution in [0.3, 0.4) is 0 Å². The van der Waals surface area contributed by atoms with Crippen LogP contribution in [0.1, 0.15) is 33.8 Å². The Kier molecular flexibility index (Phi) is 6.21. The van der Waals surface area contributed by atoms with Crippen molar-refractivity contribution in [3.63, 3.8) is 0 Å². The summed E-state index contributed by atoms with van der Waals surface area (Å²) in [4.78, 5) is 32.7. The van der Waals surface area contributed by atoms with Crippen molar-refractivity contribution in [1.29, 1.82) is 0 Å². The number of aromatic nitrogens is 3. The number of carbonyl (C=O) groups is 2. The molecule has 0 N–H and O–H groups in total. The molecule has 1 aliphatic heterocycles. The maximum atomic E-state index is 14.0. The molecule has 0 saturated carbocycles. The van der Waals surface area contributed by atoms with Crippen molar-refractivity contribution in [2.45, 2.75) is 12.8 Å². The molecular weight excluding hydrogens is 477 g/mol. The van der Waals surface area contributed by atoms with Gasteiger partial charge in [-0.1, -0.05) is 12.1 Å². The van der Waals surface area contributed by atoms with Crippen molar-refractivity contribution in [2.75, 3.05) is 13.1 Å². The van der Waals surface area contributed by atoms with Crippen molar-refractivity contribution in [1.82, 2.24) is 19.7 Å². The van der Waals surface area contributed by atoms with Gasteiger partial charge in [-0.2, -0.15) is 0 Å². The number of amides is 1. The molecule has 0 radical (unpaired) electrons. The van der Waals surface area contributed by atoms with Crippen molar-refractivity contribution >= 4 is 23.0 Å². The first kappa shape index (κ1) is 23.0. The highest BCUT2D eigenvalue weighted by Crippen LogP contribution is 2.28. The van der Waals surface area contributed by atoms with E-state index in [1.807, 2.05) is 17.5 Å². The van der Waals surface area contributed by atoms with Crippen LogP contribution in [0.15, 0.2) is 60.0 Å². The number of Topliss-reactive ketones (excluding diaryl/α,β-unsaturated/α-hetero) is 1. The van der Waals surface area contributed by atoms with Crippen LogP contribution >= 0.6 is 11.3 Å². The van der Waals surface area contributed by atoms with E-state index in [4.69, 9.17) is 0 Å². The Morgan fingerprint density at radius 1 is 0.943 bits per heavy atom. The molecule has 1 fully saturated rings. The molecule has 10 heteroatoms. The summed E-state index contributed by atoms with van der Waals surface area (Å²) in [6, 6.07) is 12.3. The summed E-state index contributed by atoms with van der Waals surface area (Å²) in [5.74, 6) is -2.91. The van der Waals surface area contributed by atoms with E-state index in [-0.39, 0.29) is 24.5 Å². The summed E-state index contributed by atoms with van der Waals surface area (Å²) in [6.45, 7) is 0.490. The summed E-state index contributed by atoms with van der Waals surface area (Å²) in [5.41, 5.74) is 0.159. The van der Waals surface area contributed by atoms with Crippen molar-refractivity contribution in [3.05, 3.63) is 88.8 Å². The van der Waals surface area contributed by atoms with Crippen LogP contribution < -0.4 is 0 Å². The largest absolute Gasteiger partial charge is 0.336 e. The quantitative estimate of drug-likeness (QED) is 0.359. The van der Waals surface area contributed by atoms with Gasteiger partial charge in [-0.05, 0) is 60.7 Å². The van der Waals surface area contributed by atoms with Gasteiger partial charge in [0.15, 0.2) is 11.6 Å². The topological polar surface area (TPSA) is 68.1 Å². The molecule has 1 amide bonds. The van der Waals surface area contributed by atoms with E-state index in [2.05, 4.69) is 10.1 Å². The maximum absolute atomic E-state index is 14.0. The fraction of sp³-hybridized carbons (Fsp3) is 0.200. The summed E-state index contributed by atoms with van der Waals surface area (Å²) < 4.78 is 42.8. The van der Waals surface area contributed by atoms with Crippen molar-refractivity contribution in [2.24, 2.45) is 5.92 Å². The standard InChI is InChI=1S/C25H19F3N4O2S/c26-16-3-1-4-18(13-16)32-24(21-5-2-12-35-21)29-23(30-32)25(34)31-10-8-15(9-11-31)22(33)19-14-17(27)6-7-20(19)28/h1-7,12-15H,8-11H2. The maximum Gasteiger partial charge on any atom is 0.293 e. The Morgan fingerprint density at radius 3 is 2.43 bits per heavy atom. The molecule has 2 aromatic carbocycles. The minimum atomic E-state index is -0.761.